The molecule has 1 aliphatic rings. The molecular weight excluding hydrogens is 370 g/mol. The molecule has 1 heterocycles. The minimum absolute atomic E-state index is 0.0112. The highest BCUT2D eigenvalue weighted by molar-refractivity contribution is 5.90. The predicted molar refractivity (Wildman–Crippen MR) is 111 cm³/mol. The molecule has 1 saturated heterocycles. The number of amides is 1. The van der Waals surface area contributed by atoms with Crippen molar-refractivity contribution in [1.82, 2.24) is 10.3 Å². The Morgan fingerprint density at radius 2 is 1.76 bits per heavy atom. The number of rotatable bonds is 8. The summed E-state index contributed by atoms with van der Waals surface area (Å²) >= 11 is 0. The Kier molecular flexibility index (Phi) is 7.61. The van der Waals surface area contributed by atoms with Gasteiger partial charge >= 0.3 is 0 Å². The summed E-state index contributed by atoms with van der Waals surface area (Å²) in [7, 11) is 1.60. The first-order valence-corrected chi connectivity index (χ1v) is 9.64. The van der Waals surface area contributed by atoms with Crippen LogP contribution in [0, 0.1) is 0 Å². The van der Waals surface area contributed by atoms with Gasteiger partial charge in [0.25, 0.3) is 5.91 Å². The second-order valence-corrected chi connectivity index (χ2v) is 6.71. The average Bonchev–Trinajstić information content (AvgIpc) is 2.78. The zero-order valence-corrected chi connectivity index (χ0v) is 16.8. The molecule has 1 aliphatic heterocycles. The monoisotopic (exact) mass is 397 g/mol. The number of nitrogens with one attached hydrogen (secondary N) is 1. The number of morpholine rings is 1. The molecule has 1 fully saturated rings. The third kappa shape index (κ3) is 6.04. The Balaban J connectivity index is 1.60. The van der Waals surface area contributed by atoms with E-state index in [1.54, 1.807) is 31.4 Å². The van der Waals surface area contributed by atoms with E-state index >= 15 is 0 Å². The van der Waals surface area contributed by atoms with Crippen LogP contribution in [-0.2, 0) is 9.53 Å². The quantitative estimate of drug-likeness (QED) is 0.548. The van der Waals surface area contributed by atoms with E-state index in [1.165, 1.54) is 0 Å². The lowest BCUT2D eigenvalue weighted by molar-refractivity contribution is -0.123. The second-order valence-electron chi connectivity index (χ2n) is 6.71. The van der Waals surface area contributed by atoms with Gasteiger partial charge in [0.05, 0.1) is 32.1 Å². The maximum Gasteiger partial charge on any atom is 0.277 e. The maximum atomic E-state index is 12.2. The first-order valence-electron chi connectivity index (χ1n) is 9.64. The van der Waals surface area contributed by atoms with E-state index in [2.05, 4.69) is 27.6 Å². The molecule has 1 atom stereocenters. The van der Waals surface area contributed by atoms with Gasteiger partial charge in [0.2, 0.25) is 0 Å². The minimum atomic E-state index is -0.311. The SMILES string of the molecule is COc1ccc(OCC(=O)N/N=C(/C)[C@@H](c2ccccc2)N2CCOCC2)cc1. The fourth-order valence-electron chi connectivity index (χ4n) is 3.25. The van der Waals surface area contributed by atoms with Gasteiger partial charge in [-0.25, -0.2) is 5.43 Å². The molecule has 0 aromatic heterocycles. The van der Waals surface area contributed by atoms with Gasteiger partial charge < -0.3 is 14.2 Å². The summed E-state index contributed by atoms with van der Waals surface area (Å²) in [4.78, 5) is 14.5. The van der Waals surface area contributed by atoms with Crippen LogP contribution in [0.4, 0.5) is 0 Å². The molecular formula is C22H27N3O4. The van der Waals surface area contributed by atoms with Crippen LogP contribution in [0.15, 0.2) is 59.7 Å². The fraction of sp³-hybridized carbons (Fsp3) is 0.364. The number of methoxy groups -OCH3 is 1. The van der Waals surface area contributed by atoms with Gasteiger partial charge in [0, 0.05) is 13.1 Å². The van der Waals surface area contributed by atoms with Crippen molar-refractivity contribution in [1.29, 1.82) is 0 Å². The molecule has 0 saturated carbocycles. The lowest BCUT2D eigenvalue weighted by Crippen LogP contribution is -2.42. The van der Waals surface area contributed by atoms with Gasteiger partial charge in [-0.05, 0) is 36.8 Å². The Labute approximate surface area is 171 Å². The predicted octanol–water partition coefficient (Wildman–Crippen LogP) is 2.64. The fourth-order valence-corrected chi connectivity index (χ4v) is 3.25. The number of carbonyl (C=O) groups is 1. The highest BCUT2D eigenvalue weighted by atomic mass is 16.5. The summed E-state index contributed by atoms with van der Waals surface area (Å²) in [6, 6.07) is 17.2. The standard InChI is InChI=1S/C22H27N3O4/c1-17(22(18-6-4-3-5-7-18)25-12-14-28-15-13-25)23-24-21(26)16-29-20-10-8-19(27-2)9-11-20/h3-11,22H,12-16H2,1-2H3,(H,24,26)/b23-17-/t22-/m0/s1. The molecule has 29 heavy (non-hydrogen) atoms. The first-order chi connectivity index (χ1) is 14.2. The van der Waals surface area contributed by atoms with Crippen molar-refractivity contribution < 1.29 is 19.0 Å². The van der Waals surface area contributed by atoms with Crippen LogP contribution in [0.2, 0.25) is 0 Å². The molecule has 1 N–H and O–H groups in total. The van der Waals surface area contributed by atoms with E-state index in [0.29, 0.717) is 19.0 Å². The van der Waals surface area contributed by atoms with E-state index < -0.39 is 0 Å². The number of hydrogen-bond acceptors (Lipinski definition) is 6. The highest BCUT2D eigenvalue weighted by Crippen LogP contribution is 2.23. The Hall–Kier alpha value is -2.90. The Morgan fingerprint density at radius 3 is 2.41 bits per heavy atom. The van der Waals surface area contributed by atoms with Gasteiger partial charge in [0.1, 0.15) is 11.5 Å². The Morgan fingerprint density at radius 1 is 1.10 bits per heavy atom. The molecule has 0 radical (unpaired) electrons. The molecule has 0 unspecified atom stereocenters. The summed E-state index contributed by atoms with van der Waals surface area (Å²) in [5.74, 6) is 1.02. The van der Waals surface area contributed by atoms with E-state index in [0.717, 1.165) is 30.1 Å². The third-order valence-electron chi connectivity index (χ3n) is 4.71. The zero-order chi connectivity index (χ0) is 20.5. The van der Waals surface area contributed by atoms with E-state index in [9.17, 15) is 4.79 Å². The van der Waals surface area contributed by atoms with Gasteiger partial charge in [-0.2, -0.15) is 5.10 Å². The van der Waals surface area contributed by atoms with E-state index in [4.69, 9.17) is 14.2 Å². The zero-order valence-electron chi connectivity index (χ0n) is 16.8. The minimum Gasteiger partial charge on any atom is -0.497 e. The van der Waals surface area contributed by atoms with Crippen molar-refractivity contribution >= 4 is 11.6 Å². The van der Waals surface area contributed by atoms with Crippen LogP contribution in [0.5, 0.6) is 11.5 Å². The molecule has 0 bridgehead atoms. The molecule has 2 aromatic rings. The van der Waals surface area contributed by atoms with Crippen LogP contribution in [0.3, 0.4) is 0 Å². The first kappa shape index (κ1) is 20.8. The lowest BCUT2D eigenvalue weighted by Gasteiger charge is -2.34. The number of carbonyl (C=O) groups excluding carboxylic acids is 1. The largest absolute Gasteiger partial charge is 0.497 e. The molecule has 1 amide bonds. The summed E-state index contributed by atoms with van der Waals surface area (Å²) in [5.41, 5.74) is 4.56. The molecule has 3 rings (SSSR count). The number of nitrogens with zero attached hydrogens (tertiary/aromatic N) is 2. The molecule has 7 nitrogen and oxygen atoms in total. The topological polar surface area (TPSA) is 72.4 Å². The van der Waals surface area contributed by atoms with Crippen molar-refractivity contribution in [3.05, 3.63) is 60.2 Å². The van der Waals surface area contributed by atoms with Crippen molar-refractivity contribution in [2.75, 3.05) is 40.0 Å². The van der Waals surface area contributed by atoms with Gasteiger partial charge in [-0.1, -0.05) is 30.3 Å². The smallest absolute Gasteiger partial charge is 0.277 e. The number of benzene rings is 2. The van der Waals surface area contributed by atoms with Crippen molar-refractivity contribution in [2.24, 2.45) is 5.10 Å². The lowest BCUT2D eigenvalue weighted by atomic mass is 10.0. The summed E-state index contributed by atoms with van der Waals surface area (Å²) in [5, 5.41) is 4.35. The van der Waals surface area contributed by atoms with Crippen LogP contribution < -0.4 is 14.9 Å². The van der Waals surface area contributed by atoms with Crippen LogP contribution >= 0.6 is 0 Å². The number of hydrazone groups is 1. The maximum absolute atomic E-state index is 12.2. The van der Waals surface area contributed by atoms with E-state index in [1.807, 2.05) is 25.1 Å². The number of hydrogen-bond donors (Lipinski definition) is 1. The Bertz CT molecular complexity index is 803. The molecule has 2 aromatic carbocycles. The summed E-state index contributed by atoms with van der Waals surface area (Å²) in [6.07, 6.45) is 0. The molecule has 0 spiro atoms. The summed E-state index contributed by atoms with van der Waals surface area (Å²) < 4.78 is 16.1. The number of ether oxygens (including phenoxy) is 3. The van der Waals surface area contributed by atoms with Crippen LogP contribution in [0.25, 0.3) is 0 Å². The normalized spacial score (nSPS) is 16.1. The second kappa shape index (κ2) is 10.6. The van der Waals surface area contributed by atoms with Crippen LogP contribution in [-0.4, -0.2) is 56.5 Å². The van der Waals surface area contributed by atoms with Crippen molar-refractivity contribution in [3.8, 4) is 11.5 Å². The molecule has 154 valence electrons. The third-order valence-corrected chi connectivity index (χ3v) is 4.71. The van der Waals surface area contributed by atoms with Gasteiger partial charge in [0.15, 0.2) is 6.61 Å². The van der Waals surface area contributed by atoms with E-state index in [-0.39, 0.29) is 18.6 Å². The van der Waals surface area contributed by atoms with Gasteiger partial charge in [-0.15, -0.1) is 0 Å². The van der Waals surface area contributed by atoms with Crippen molar-refractivity contribution in [3.63, 3.8) is 0 Å². The van der Waals surface area contributed by atoms with Crippen LogP contribution in [0.1, 0.15) is 18.5 Å². The average molecular weight is 397 g/mol. The molecule has 7 heteroatoms. The van der Waals surface area contributed by atoms with Gasteiger partial charge in [-0.3, -0.25) is 9.69 Å². The summed E-state index contributed by atoms with van der Waals surface area (Å²) in [6.45, 7) is 4.84. The van der Waals surface area contributed by atoms with Crippen molar-refractivity contribution in [2.45, 2.75) is 13.0 Å². The highest BCUT2D eigenvalue weighted by Gasteiger charge is 2.25. The molecule has 0 aliphatic carbocycles.